The zero-order valence-corrected chi connectivity index (χ0v) is 21.9. The summed E-state index contributed by atoms with van der Waals surface area (Å²) in [6.07, 6.45) is 0.869. The van der Waals surface area contributed by atoms with Gasteiger partial charge in [-0.15, -0.1) is 0 Å². The molecule has 0 heterocycles. The molecule has 2 unspecified atom stereocenters. The molecule has 1 aromatic rings. The van der Waals surface area contributed by atoms with Crippen LogP contribution in [0.1, 0.15) is 76.6 Å². The largest absolute Gasteiger partial charge is 0.466 e. The molecular weight excluding hydrogens is 450 g/mol. The fourth-order valence-electron chi connectivity index (χ4n) is 3.86. The Morgan fingerprint density at radius 1 is 1.09 bits per heavy atom. The van der Waals surface area contributed by atoms with Crippen molar-refractivity contribution in [2.45, 2.75) is 91.5 Å². The number of benzene rings is 1. The summed E-state index contributed by atoms with van der Waals surface area (Å²) in [4.78, 5) is 52.6. The minimum atomic E-state index is -0.904. The van der Waals surface area contributed by atoms with Gasteiger partial charge < -0.3 is 25.0 Å². The lowest BCUT2D eigenvalue weighted by Gasteiger charge is -2.34. The molecule has 2 N–H and O–H groups in total. The Morgan fingerprint density at radius 2 is 1.69 bits per heavy atom. The number of nitrogens with one attached hydrogen (secondary N) is 2. The monoisotopic (exact) mass is 489 g/mol. The molecule has 0 saturated heterocycles. The molecule has 1 saturated carbocycles. The molecule has 0 bridgehead atoms. The predicted molar refractivity (Wildman–Crippen MR) is 132 cm³/mol. The highest BCUT2D eigenvalue weighted by Crippen LogP contribution is 2.36. The van der Waals surface area contributed by atoms with Crippen molar-refractivity contribution >= 4 is 23.9 Å². The zero-order valence-electron chi connectivity index (χ0n) is 21.9. The van der Waals surface area contributed by atoms with Gasteiger partial charge in [-0.25, -0.2) is 4.79 Å². The first-order chi connectivity index (χ1) is 16.3. The molecule has 0 aliphatic heterocycles. The van der Waals surface area contributed by atoms with Crippen molar-refractivity contribution in [3.8, 4) is 0 Å². The molecule has 194 valence electrons. The summed E-state index contributed by atoms with van der Waals surface area (Å²) < 4.78 is 10.2. The summed E-state index contributed by atoms with van der Waals surface area (Å²) in [5.41, 5.74) is 1.91. The highest BCUT2D eigenvalue weighted by atomic mass is 16.6. The summed E-state index contributed by atoms with van der Waals surface area (Å²) in [7, 11) is 0. The van der Waals surface area contributed by atoms with Gasteiger partial charge in [0.05, 0.1) is 13.0 Å². The number of carbonyl (C=O) groups excluding carboxylic acids is 4. The quantitative estimate of drug-likeness (QED) is 0.488. The lowest BCUT2D eigenvalue weighted by atomic mass is 9.98. The van der Waals surface area contributed by atoms with Crippen LogP contribution in [0.2, 0.25) is 0 Å². The van der Waals surface area contributed by atoms with E-state index in [0.717, 1.165) is 24.0 Å². The van der Waals surface area contributed by atoms with Gasteiger partial charge in [-0.2, -0.15) is 0 Å². The van der Waals surface area contributed by atoms with E-state index >= 15 is 0 Å². The van der Waals surface area contributed by atoms with E-state index in [1.54, 1.807) is 39.5 Å². The van der Waals surface area contributed by atoms with Gasteiger partial charge in [0.25, 0.3) is 0 Å². The molecule has 9 heteroatoms. The fourth-order valence-corrected chi connectivity index (χ4v) is 3.86. The van der Waals surface area contributed by atoms with Crippen molar-refractivity contribution in [1.82, 2.24) is 15.5 Å². The Hall–Kier alpha value is -3.10. The number of carbonyl (C=O) groups is 4. The van der Waals surface area contributed by atoms with Crippen LogP contribution >= 0.6 is 0 Å². The Kier molecular flexibility index (Phi) is 9.68. The lowest BCUT2D eigenvalue weighted by Crippen LogP contribution is -2.52. The van der Waals surface area contributed by atoms with Gasteiger partial charge in [0, 0.05) is 12.6 Å². The van der Waals surface area contributed by atoms with E-state index in [-0.39, 0.29) is 37.4 Å². The summed E-state index contributed by atoms with van der Waals surface area (Å²) in [5, 5.41) is 5.39. The second kappa shape index (κ2) is 12.0. The van der Waals surface area contributed by atoms with E-state index < -0.39 is 29.7 Å². The fraction of sp³-hybridized carbons (Fsp3) is 0.615. The molecule has 35 heavy (non-hydrogen) atoms. The normalized spacial score (nSPS) is 14.9. The molecular formula is C26H39N3O6. The second-order valence-corrected chi connectivity index (χ2v) is 10.0. The number of esters is 1. The molecule has 9 nitrogen and oxygen atoms in total. The smallest absolute Gasteiger partial charge is 0.408 e. The Labute approximate surface area is 207 Å². The first-order valence-corrected chi connectivity index (χ1v) is 12.2. The molecule has 0 aromatic heterocycles. The Balaban J connectivity index is 2.30. The lowest BCUT2D eigenvalue weighted by molar-refractivity contribution is -0.144. The van der Waals surface area contributed by atoms with E-state index in [1.807, 2.05) is 32.0 Å². The molecule has 1 aromatic carbocycles. The first kappa shape index (κ1) is 28.1. The number of aryl methyl sites for hydroxylation is 2. The van der Waals surface area contributed by atoms with Crippen LogP contribution < -0.4 is 10.6 Å². The SMILES string of the molecule is CCOC(=O)CCNC(=O)C(c1cc(C)cc(C)c1)N(C(=O)C(C)NC(=O)OC(C)(C)C)C1CC1. The maximum atomic E-state index is 13.6. The molecule has 1 fully saturated rings. The van der Waals surface area contributed by atoms with Crippen molar-refractivity contribution in [1.29, 1.82) is 0 Å². The van der Waals surface area contributed by atoms with Crippen molar-refractivity contribution in [3.63, 3.8) is 0 Å². The van der Waals surface area contributed by atoms with E-state index in [9.17, 15) is 19.2 Å². The van der Waals surface area contributed by atoms with Crippen LogP contribution in [0.25, 0.3) is 0 Å². The van der Waals surface area contributed by atoms with Crippen LogP contribution in [0.3, 0.4) is 0 Å². The maximum Gasteiger partial charge on any atom is 0.408 e. The van der Waals surface area contributed by atoms with Gasteiger partial charge in [0.1, 0.15) is 17.7 Å². The summed E-state index contributed by atoms with van der Waals surface area (Å²) in [6.45, 7) is 12.8. The Bertz CT molecular complexity index is 915. The van der Waals surface area contributed by atoms with Crippen LogP contribution in [0.5, 0.6) is 0 Å². The third-order valence-corrected chi connectivity index (χ3v) is 5.32. The van der Waals surface area contributed by atoms with Crippen LogP contribution in [0, 0.1) is 13.8 Å². The minimum Gasteiger partial charge on any atom is -0.466 e. The van der Waals surface area contributed by atoms with E-state index in [2.05, 4.69) is 10.6 Å². The average molecular weight is 490 g/mol. The van der Waals surface area contributed by atoms with Gasteiger partial charge in [-0.05, 0) is 66.9 Å². The first-order valence-electron chi connectivity index (χ1n) is 12.2. The van der Waals surface area contributed by atoms with Crippen LogP contribution in [-0.4, -0.2) is 59.6 Å². The third kappa shape index (κ3) is 8.88. The van der Waals surface area contributed by atoms with Gasteiger partial charge in [0.2, 0.25) is 11.8 Å². The summed E-state index contributed by atoms with van der Waals surface area (Å²) in [6, 6.07) is 3.85. The topological polar surface area (TPSA) is 114 Å². The minimum absolute atomic E-state index is 0.0348. The molecule has 0 radical (unpaired) electrons. The molecule has 1 aliphatic carbocycles. The number of amides is 3. The van der Waals surface area contributed by atoms with Gasteiger partial charge >= 0.3 is 12.1 Å². The summed E-state index contributed by atoms with van der Waals surface area (Å²) >= 11 is 0. The average Bonchev–Trinajstić information content (AvgIpc) is 3.54. The highest BCUT2D eigenvalue weighted by Gasteiger charge is 2.43. The predicted octanol–water partition coefficient (Wildman–Crippen LogP) is 3.32. The van der Waals surface area contributed by atoms with E-state index in [0.29, 0.717) is 5.56 Å². The Morgan fingerprint density at radius 3 is 2.20 bits per heavy atom. The van der Waals surface area contributed by atoms with Gasteiger partial charge in [0.15, 0.2) is 0 Å². The van der Waals surface area contributed by atoms with Crippen molar-refractivity contribution in [2.75, 3.05) is 13.2 Å². The van der Waals surface area contributed by atoms with Crippen molar-refractivity contribution in [3.05, 3.63) is 34.9 Å². The van der Waals surface area contributed by atoms with Crippen LogP contribution in [0.4, 0.5) is 4.79 Å². The molecule has 2 atom stereocenters. The third-order valence-electron chi connectivity index (χ3n) is 5.32. The van der Waals surface area contributed by atoms with Gasteiger partial charge in [-0.3, -0.25) is 14.4 Å². The standard InChI is InChI=1S/C26H39N3O6/c1-8-34-21(30)11-12-27-23(31)22(19-14-16(2)13-17(3)15-19)29(20-9-10-20)24(32)18(4)28-25(33)35-26(5,6)7/h13-15,18,20,22H,8-12H2,1-7H3,(H,27,31)(H,28,33). The number of alkyl carbamates (subject to hydrolysis) is 1. The molecule has 3 amide bonds. The zero-order chi connectivity index (χ0) is 26.3. The highest BCUT2D eigenvalue weighted by molar-refractivity contribution is 5.92. The number of nitrogens with zero attached hydrogens (tertiary/aromatic N) is 1. The van der Waals surface area contributed by atoms with Crippen molar-refractivity contribution in [2.24, 2.45) is 0 Å². The number of rotatable bonds is 10. The van der Waals surface area contributed by atoms with Crippen LogP contribution in [0.15, 0.2) is 18.2 Å². The van der Waals surface area contributed by atoms with Crippen LogP contribution in [-0.2, 0) is 23.9 Å². The van der Waals surface area contributed by atoms with E-state index in [4.69, 9.17) is 9.47 Å². The maximum absolute atomic E-state index is 13.6. The number of hydrogen-bond acceptors (Lipinski definition) is 6. The van der Waals surface area contributed by atoms with Gasteiger partial charge in [-0.1, -0.05) is 29.3 Å². The summed E-state index contributed by atoms with van der Waals surface area (Å²) in [5.74, 6) is -1.16. The molecule has 1 aliphatic rings. The van der Waals surface area contributed by atoms with Crippen molar-refractivity contribution < 1.29 is 28.7 Å². The van der Waals surface area contributed by atoms with E-state index in [1.165, 1.54) is 0 Å². The molecule has 0 spiro atoms. The second-order valence-electron chi connectivity index (χ2n) is 10.0. The number of ether oxygens (including phenoxy) is 2. The number of hydrogen-bond donors (Lipinski definition) is 2. The molecule has 2 rings (SSSR count).